The van der Waals surface area contributed by atoms with Gasteiger partial charge in [0, 0.05) is 23.5 Å². The van der Waals surface area contributed by atoms with Crippen LogP contribution in [0.4, 0.5) is 0 Å². The fraction of sp³-hybridized carbons (Fsp3) is 0.261. The summed E-state index contributed by atoms with van der Waals surface area (Å²) in [6, 6.07) is 20.6. The summed E-state index contributed by atoms with van der Waals surface area (Å²) in [5.41, 5.74) is 3.55. The van der Waals surface area contributed by atoms with E-state index in [1.807, 2.05) is 41.7 Å². The van der Waals surface area contributed by atoms with E-state index < -0.39 is 0 Å². The number of hydrogen-bond donors (Lipinski definition) is 1. The minimum atomic E-state index is 0.0329. The molecule has 28 heavy (non-hydrogen) atoms. The van der Waals surface area contributed by atoms with Crippen molar-refractivity contribution in [2.75, 3.05) is 20.2 Å². The molecule has 0 spiro atoms. The van der Waals surface area contributed by atoms with Crippen LogP contribution in [-0.4, -0.2) is 31.0 Å². The summed E-state index contributed by atoms with van der Waals surface area (Å²) >= 11 is 1.82. The average molecular weight is 393 g/mol. The molecular formula is C23H24N2O2S. The molecule has 0 saturated carbocycles. The second kappa shape index (κ2) is 8.59. The van der Waals surface area contributed by atoms with Gasteiger partial charge in [-0.15, -0.1) is 11.3 Å². The number of hydrogen-bond acceptors (Lipinski definition) is 4. The maximum atomic E-state index is 12.7. The molecule has 0 aliphatic carbocycles. The molecule has 3 aromatic rings. The first-order valence-electron chi connectivity index (χ1n) is 9.50. The molecule has 1 aliphatic heterocycles. The summed E-state index contributed by atoms with van der Waals surface area (Å²) in [5.74, 6) is 0.830. The zero-order chi connectivity index (χ0) is 19.3. The van der Waals surface area contributed by atoms with Crippen molar-refractivity contribution in [2.45, 2.75) is 19.0 Å². The normalized spacial score (nSPS) is 16.4. The number of para-hydroxylation sites is 1. The Morgan fingerprint density at radius 3 is 2.75 bits per heavy atom. The van der Waals surface area contributed by atoms with Crippen molar-refractivity contribution in [3.05, 3.63) is 87.6 Å². The Bertz CT molecular complexity index is 939. The van der Waals surface area contributed by atoms with E-state index in [0.717, 1.165) is 24.3 Å². The summed E-state index contributed by atoms with van der Waals surface area (Å²) < 4.78 is 5.37. The molecule has 1 atom stereocenters. The quantitative estimate of drug-likeness (QED) is 0.689. The van der Waals surface area contributed by atoms with E-state index >= 15 is 0 Å². The van der Waals surface area contributed by atoms with Crippen LogP contribution < -0.4 is 10.1 Å². The molecule has 4 nitrogen and oxygen atoms in total. The number of nitrogens with zero attached hydrogens (tertiary/aromatic N) is 1. The minimum absolute atomic E-state index is 0.0329. The largest absolute Gasteiger partial charge is 0.496 e. The van der Waals surface area contributed by atoms with Crippen LogP contribution in [0.2, 0.25) is 0 Å². The highest BCUT2D eigenvalue weighted by atomic mass is 32.1. The van der Waals surface area contributed by atoms with E-state index in [-0.39, 0.29) is 11.9 Å². The van der Waals surface area contributed by atoms with Crippen molar-refractivity contribution < 1.29 is 9.53 Å². The lowest BCUT2D eigenvalue weighted by atomic mass is 9.93. The summed E-state index contributed by atoms with van der Waals surface area (Å²) in [7, 11) is 1.65. The van der Waals surface area contributed by atoms with E-state index in [2.05, 4.69) is 45.9 Å². The molecule has 4 rings (SSSR count). The third-order valence-corrected chi connectivity index (χ3v) is 6.19. The van der Waals surface area contributed by atoms with Crippen LogP contribution in [0.25, 0.3) is 0 Å². The van der Waals surface area contributed by atoms with Gasteiger partial charge in [-0.25, -0.2) is 0 Å². The van der Waals surface area contributed by atoms with E-state index in [1.54, 1.807) is 7.11 Å². The summed E-state index contributed by atoms with van der Waals surface area (Å²) in [6.07, 6.45) is 0.996. The highest BCUT2D eigenvalue weighted by Crippen LogP contribution is 2.37. The zero-order valence-corrected chi connectivity index (χ0v) is 16.7. The maximum absolute atomic E-state index is 12.7. The molecule has 5 heteroatoms. The number of carbonyl (C=O) groups excluding carboxylic acids is 1. The Kier molecular flexibility index (Phi) is 5.74. The second-order valence-corrected chi connectivity index (χ2v) is 7.92. The zero-order valence-electron chi connectivity index (χ0n) is 15.9. The molecule has 0 fully saturated rings. The summed E-state index contributed by atoms with van der Waals surface area (Å²) in [5, 5.41) is 5.21. The van der Waals surface area contributed by atoms with Gasteiger partial charge in [-0.3, -0.25) is 9.69 Å². The van der Waals surface area contributed by atoms with Gasteiger partial charge in [0.15, 0.2) is 0 Å². The lowest BCUT2D eigenvalue weighted by molar-refractivity contribution is -0.122. The minimum Gasteiger partial charge on any atom is -0.496 e. The second-order valence-electron chi connectivity index (χ2n) is 6.92. The Morgan fingerprint density at radius 2 is 1.93 bits per heavy atom. The molecule has 144 valence electrons. The van der Waals surface area contributed by atoms with E-state index in [1.165, 1.54) is 16.0 Å². The van der Waals surface area contributed by atoms with Crippen LogP contribution in [-0.2, 0) is 17.8 Å². The van der Waals surface area contributed by atoms with E-state index in [0.29, 0.717) is 13.1 Å². The molecular weight excluding hydrogens is 368 g/mol. The summed E-state index contributed by atoms with van der Waals surface area (Å²) in [4.78, 5) is 16.4. The van der Waals surface area contributed by atoms with Crippen molar-refractivity contribution in [1.82, 2.24) is 10.2 Å². The number of thiophene rings is 1. The van der Waals surface area contributed by atoms with E-state index in [9.17, 15) is 4.79 Å². The van der Waals surface area contributed by atoms with Crippen molar-refractivity contribution >= 4 is 17.2 Å². The van der Waals surface area contributed by atoms with E-state index in [4.69, 9.17) is 4.74 Å². The monoisotopic (exact) mass is 392 g/mol. The number of methoxy groups -OCH3 is 1. The van der Waals surface area contributed by atoms with Gasteiger partial charge in [0.1, 0.15) is 5.75 Å². The Morgan fingerprint density at radius 1 is 1.14 bits per heavy atom. The molecule has 2 aromatic carbocycles. The van der Waals surface area contributed by atoms with Gasteiger partial charge in [-0.1, -0.05) is 48.5 Å². The lowest BCUT2D eigenvalue weighted by Crippen LogP contribution is -2.42. The van der Waals surface area contributed by atoms with Gasteiger partial charge in [-0.05, 0) is 35.1 Å². The first-order valence-corrected chi connectivity index (χ1v) is 10.4. The first-order chi connectivity index (χ1) is 13.8. The maximum Gasteiger partial charge on any atom is 0.234 e. The standard InChI is InChI=1S/C23H24N2O2S/c1-27-20-10-6-5-9-18(20)15-24-22(26)16-25-13-11-21-19(12-14-28-21)23(25)17-7-3-2-4-8-17/h2-10,12,14,23H,11,13,15-16H2,1H3,(H,24,26)/t23-/m0/s1. The number of rotatable bonds is 6. The Balaban J connectivity index is 1.48. The molecule has 0 saturated heterocycles. The molecule has 1 amide bonds. The third kappa shape index (κ3) is 3.96. The topological polar surface area (TPSA) is 41.6 Å². The smallest absolute Gasteiger partial charge is 0.234 e. The molecule has 1 aromatic heterocycles. The van der Waals surface area contributed by atoms with Crippen LogP contribution in [0.1, 0.15) is 27.6 Å². The molecule has 0 radical (unpaired) electrons. The molecule has 0 unspecified atom stereocenters. The number of carbonyl (C=O) groups is 1. The number of fused-ring (bicyclic) bond motifs is 1. The van der Waals surface area contributed by atoms with Gasteiger partial charge in [-0.2, -0.15) is 0 Å². The SMILES string of the molecule is COc1ccccc1CNC(=O)CN1CCc2sccc2[C@@H]1c1ccccc1. The lowest BCUT2D eigenvalue weighted by Gasteiger charge is -2.35. The highest BCUT2D eigenvalue weighted by molar-refractivity contribution is 7.10. The molecule has 2 heterocycles. The number of amides is 1. The molecule has 1 N–H and O–H groups in total. The fourth-order valence-corrected chi connectivity index (χ4v) is 4.75. The van der Waals surface area contributed by atoms with Gasteiger partial charge < -0.3 is 10.1 Å². The number of benzene rings is 2. The van der Waals surface area contributed by atoms with Crippen LogP contribution >= 0.6 is 11.3 Å². The van der Waals surface area contributed by atoms with Gasteiger partial charge in [0.2, 0.25) is 5.91 Å². The fourth-order valence-electron chi connectivity index (χ4n) is 3.85. The summed E-state index contributed by atoms with van der Waals surface area (Å²) in [6.45, 7) is 1.73. The van der Waals surface area contributed by atoms with Gasteiger partial charge >= 0.3 is 0 Å². The van der Waals surface area contributed by atoms with Crippen molar-refractivity contribution in [2.24, 2.45) is 0 Å². The van der Waals surface area contributed by atoms with Crippen molar-refractivity contribution in [1.29, 1.82) is 0 Å². The molecule has 0 bridgehead atoms. The number of ether oxygens (including phenoxy) is 1. The van der Waals surface area contributed by atoms with Crippen molar-refractivity contribution in [3.8, 4) is 5.75 Å². The van der Waals surface area contributed by atoms with Gasteiger partial charge in [0.05, 0.1) is 19.7 Å². The van der Waals surface area contributed by atoms with Crippen LogP contribution in [0, 0.1) is 0 Å². The number of nitrogens with one attached hydrogen (secondary N) is 1. The van der Waals surface area contributed by atoms with Crippen LogP contribution in [0.5, 0.6) is 5.75 Å². The van der Waals surface area contributed by atoms with Crippen LogP contribution in [0.15, 0.2) is 66.0 Å². The first kappa shape index (κ1) is 18.7. The molecule has 1 aliphatic rings. The highest BCUT2D eigenvalue weighted by Gasteiger charge is 2.30. The average Bonchev–Trinajstić information content (AvgIpc) is 3.21. The van der Waals surface area contributed by atoms with Gasteiger partial charge in [0.25, 0.3) is 0 Å². The predicted molar refractivity (Wildman–Crippen MR) is 113 cm³/mol. The Labute approximate surface area is 169 Å². The Hall–Kier alpha value is -2.63. The van der Waals surface area contributed by atoms with Crippen molar-refractivity contribution in [3.63, 3.8) is 0 Å². The third-order valence-electron chi connectivity index (χ3n) is 5.20. The predicted octanol–water partition coefficient (Wildman–Crippen LogP) is 4.02. The van der Waals surface area contributed by atoms with Crippen LogP contribution in [0.3, 0.4) is 0 Å².